The Morgan fingerprint density at radius 2 is 1.11 bits per heavy atom. The van der Waals surface area contributed by atoms with Crippen molar-refractivity contribution in [2.24, 2.45) is 0 Å². The summed E-state index contributed by atoms with van der Waals surface area (Å²) in [4.78, 5) is 8.97. The topological polar surface area (TPSA) is 65.5 Å². The molecule has 1 saturated heterocycles. The third-order valence-electron chi connectivity index (χ3n) is 4.30. The number of hydrogen-bond donors (Lipinski definition) is 2. The van der Waals surface area contributed by atoms with E-state index in [0.29, 0.717) is 12.1 Å². The smallest absolute Gasteiger partial charge is 0.364 e. The fourth-order valence-electron chi connectivity index (χ4n) is 2.92. The second-order valence-corrected chi connectivity index (χ2v) is 5.89. The maximum atomic E-state index is 13.9. The van der Waals surface area contributed by atoms with Crippen molar-refractivity contribution >= 4 is 0 Å². The van der Waals surface area contributed by atoms with E-state index in [9.17, 15) is 26.3 Å². The standard InChI is InChI=1S/C17H12F6O4/c18-16(19,20)15(17(21,22)23,11-5-1-9(2-6-11)13(24)25)12-7-3-10(4-8-12)14-26-27-14/h1-8,13-14,24-25H. The molecule has 0 unspecified atom stereocenters. The van der Waals surface area contributed by atoms with E-state index < -0.39 is 41.5 Å². The van der Waals surface area contributed by atoms with E-state index in [1.165, 1.54) is 0 Å². The largest absolute Gasteiger partial charge is 0.411 e. The number of benzene rings is 2. The average molecular weight is 394 g/mol. The van der Waals surface area contributed by atoms with Crippen molar-refractivity contribution in [2.75, 3.05) is 0 Å². The fourth-order valence-corrected chi connectivity index (χ4v) is 2.92. The molecule has 2 N–H and O–H groups in total. The third-order valence-corrected chi connectivity index (χ3v) is 4.30. The maximum absolute atomic E-state index is 13.9. The molecular weight excluding hydrogens is 382 g/mol. The Labute approximate surface area is 148 Å². The molecule has 0 amide bonds. The molecule has 0 aromatic heterocycles. The van der Waals surface area contributed by atoms with Crippen molar-refractivity contribution in [3.63, 3.8) is 0 Å². The molecule has 1 heterocycles. The van der Waals surface area contributed by atoms with Crippen LogP contribution in [0.15, 0.2) is 48.5 Å². The van der Waals surface area contributed by atoms with Crippen LogP contribution in [0.5, 0.6) is 0 Å². The minimum absolute atomic E-state index is 0.240. The summed E-state index contributed by atoms with van der Waals surface area (Å²) in [6.45, 7) is 0. The lowest BCUT2D eigenvalue weighted by Gasteiger charge is -2.38. The summed E-state index contributed by atoms with van der Waals surface area (Å²) in [5, 5.41) is 18.1. The zero-order chi connectivity index (χ0) is 20.0. The second-order valence-electron chi connectivity index (χ2n) is 5.89. The Kier molecular flexibility index (Phi) is 4.71. The lowest BCUT2D eigenvalue weighted by molar-refractivity contribution is -0.288. The number of rotatable bonds is 4. The molecule has 146 valence electrons. The van der Waals surface area contributed by atoms with Gasteiger partial charge in [0.05, 0.1) is 0 Å². The van der Waals surface area contributed by atoms with Crippen molar-refractivity contribution in [1.82, 2.24) is 0 Å². The van der Waals surface area contributed by atoms with Crippen LogP contribution in [0.25, 0.3) is 0 Å². The molecule has 10 heteroatoms. The van der Waals surface area contributed by atoms with Crippen LogP contribution in [-0.2, 0) is 15.2 Å². The molecular formula is C17H12F6O4. The summed E-state index contributed by atoms with van der Waals surface area (Å²) >= 11 is 0. The first kappa shape index (κ1) is 19.6. The number of alkyl halides is 6. The monoisotopic (exact) mass is 394 g/mol. The van der Waals surface area contributed by atoms with Gasteiger partial charge in [-0.2, -0.15) is 36.1 Å². The van der Waals surface area contributed by atoms with Crippen molar-refractivity contribution in [2.45, 2.75) is 30.3 Å². The summed E-state index contributed by atoms with van der Waals surface area (Å²) in [5.74, 6) is 0. The molecule has 0 bridgehead atoms. The van der Waals surface area contributed by atoms with Crippen molar-refractivity contribution < 1.29 is 46.3 Å². The summed E-state index contributed by atoms with van der Waals surface area (Å²) in [6, 6.07) is 6.31. The van der Waals surface area contributed by atoms with Gasteiger partial charge in [0.25, 0.3) is 0 Å². The van der Waals surface area contributed by atoms with Crippen LogP contribution in [0.3, 0.4) is 0 Å². The van der Waals surface area contributed by atoms with E-state index in [1.54, 1.807) is 0 Å². The quantitative estimate of drug-likeness (QED) is 0.356. The minimum Gasteiger partial charge on any atom is -0.364 e. The molecule has 0 spiro atoms. The summed E-state index contributed by atoms with van der Waals surface area (Å²) < 4.78 is 83.4. The second kappa shape index (κ2) is 6.48. The summed E-state index contributed by atoms with van der Waals surface area (Å²) in [7, 11) is 0. The maximum Gasteiger partial charge on any atom is 0.411 e. The Hall–Kier alpha value is -2.14. The van der Waals surface area contributed by atoms with Crippen LogP contribution in [0.2, 0.25) is 0 Å². The van der Waals surface area contributed by atoms with Gasteiger partial charge in [-0.25, -0.2) is 0 Å². The Morgan fingerprint density at radius 3 is 1.44 bits per heavy atom. The zero-order valence-electron chi connectivity index (χ0n) is 13.3. The predicted molar refractivity (Wildman–Crippen MR) is 77.9 cm³/mol. The molecule has 0 aliphatic carbocycles. The van der Waals surface area contributed by atoms with Gasteiger partial charge in [-0.15, -0.1) is 0 Å². The van der Waals surface area contributed by atoms with E-state index in [1.807, 2.05) is 0 Å². The third kappa shape index (κ3) is 3.29. The molecule has 1 aliphatic heterocycles. The van der Waals surface area contributed by atoms with Gasteiger partial charge in [0, 0.05) is 11.1 Å². The molecule has 0 atom stereocenters. The molecule has 0 saturated carbocycles. The molecule has 2 aromatic rings. The molecule has 3 rings (SSSR count). The lowest BCUT2D eigenvalue weighted by atomic mass is 9.72. The van der Waals surface area contributed by atoms with Crippen LogP contribution in [-0.4, -0.2) is 22.6 Å². The molecule has 4 nitrogen and oxygen atoms in total. The summed E-state index contributed by atoms with van der Waals surface area (Å²) in [6.07, 6.45) is -14.3. The highest BCUT2D eigenvalue weighted by Gasteiger charge is 2.72. The van der Waals surface area contributed by atoms with Crippen molar-refractivity contribution in [3.8, 4) is 0 Å². The van der Waals surface area contributed by atoms with E-state index in [-0.39, 0.29) is 11.1 Å². The predicted octanol–water partition coefficient (Wildman–Crippen LogP) is 4.04. The number of halogens is 6. The van der Waals surface area contributed by atoms with Gasteiger partial charge >= 0.3 is 12.4 Å². The molecule has 27 heavy (non-hydrogen) atoms. The number of aliphatic hydroxyl groups is 2. The fraction of sp³-hybridized carbons (Fsp3) is 0.294. The summed E-state index contributed by atoms with van der Waals surface area (Å²) in [5.41, 5.74) is -6.41. The van der Waals surface area contributed by atoms with Gasteiger partial charge < -0.3 is 10.2 Å². The van der Waals surface area contributed by atoms with Crippen LogP contribution in [0.4, 0.5) is 26.3 Å². The highest BCUT2D eigenvalue weighted by Crippen LogP contribution is 2.56. The average Bonchev–Trinajstić information content (AvgIpc) is 3.39. The van der Waals surface area contributed by atoms with Gasteiger partial charge in [-0.1, -0.05) is 48.5 Å². The van der Waals surface area contributed by atoms with Gasteiger partial charge in [0.2, 0.25) is 11.7 Å². The SMILES string of the molecule is OC(O)c1ccc(C(c2ccc(C3OO3)cc2)(C(F)(F)F)C(F)(F)F)cc1. The van der Waals surface area contributed by atoms with E-state index in [2.05, 4.69) is 9.78 Å². The minimum atomic E-state index is -5.72. The Morgan fingerprint density at radius 1 is 0.704 bits per heavy atom. The first-order valence-electron chi connectivity index (χ1n) is 7.51. The van der Waals surface area contributed by atoms with E-state index >= 15 is 0 Å². The molecule has 2 aromatic carbocycles. The van der Waals surface area contributed by atoms with Crippen LogP contribution >= 0.6 is 0 Å². The normalized spacial score (nSPS) is 16.0. The first-order chi connectivity index (χ1) is 12.5. The van der Waals surface area contributed by atoms with E-state index in [0.717, 1.165) is 36.4 Å². The molecule has 1 aliphatic rings. The molecule has 0 radical (unpaired) electrons. The van der Waals surface area contributed by atoms with Crippen LogP contribution in [0.1, 0.15) is 34.8 Å². The van der Waals surface area contributed by atoms with Gasteiger partial charge in [0.1, 0.15) is 0 Å². The van der Waals surface area contributed by atoms with E-state index in [4.69, 9.17) is 10.2 Å². The van der Waals surface area contributed by atoms with Gasteiger partial charge in [-0.3, -0.25) is 0 Å². The first-order valence-corrected chi connectivity index (χ1v) is 7.51. The highest BCUT2D eigenvalue weighted by atomic mass is 19.4. The van der Waals surface area contributed by atoms with Gasteiger partial charge in [-0.05, 0) is 11.1 Å². The van der Waals surface area contributed by atoms with Crippen LogP contribution < -0.4 is 0 Å². The highest BCUT2D eigenvalue weighted by molar-refractivity contribution is 5.45. The Bertz CT molecular complexity index is 731. The Balaban J connectivity index is 2.21. The van der Waals surface area contributed by atoms with Gasteiger partial charge in [0.15, 0.2) is 6.29 Å². The number of aliphatic hydroxyl groups excluding tert-OH is 1. The molecule has 1 fully saturated rings. The zero-order valence-corrected chi connectivity index (χ0v) is 13.3. The number of hydrogen-bond acceptors (Lipinski definition) is 4. The van der Waals surface area contributed by atoms with Crippen molar-refractivity contribution in [3.05, 3.63) is 70.8 Å². The lowest BCUT2D eigenvalue weighted by Crippen LogP contribution is -2.54. The van der Waals surface area contributed by atoms with Crippen LogP contribution in [0, 0.1) is 0 Å². The van der Waals surface area contributed by atoms with Crippen molar-refractivity contribution in [1.29, 1.82) is 0 Å².